The molecule has 0 saturated carbocycles. The van der Waals surface area contributed by atoms with Gasteiger partial charge in [-0.3, -0.25) is 0 Å². The number of benzene rings is 1. The third kappa shape index (κ3) is 16.7. The highest BCUT2D eigenvalue weighted by Gasteiger charge is 2.29. The highest BCUT2D eigenvalue weighted by molar-refractivity contribution is 5.69. The van der Waals surface area contributed by atoms with Gasteiger partial charge in [0.1, 0.15) is 0 Å². The van der Waals surface area contributed by atoms with Gasteiger partial charge in [-0.05, 0) is 105 Å². The predicted octanol–water partition coefficient (Wildman–Crippen LogP) is 8.53. The summed E-state index contributed by atoms with van der Waals surface area (Å²) < 4.78 is 17.3. The number of cyclic esters (lactones) is 2. The number of amides is 2. The first-order valence-electron chi connectivity index (χ1n) is 17.6. The fourth-order valence-corrected chi connectivity index (χ4v) is 5.59. The number of carbonyl (C=O) groups excluding carboxylic acids is 2. The van der Waals surface area contributed by atoms with Crippen molar-refractivity contribution in [1.29, 1.82) is 0 Å². The van der Waals surface area contributed by atoms with Gasteiger partial charge in [0.15, 0.2) is 0 Å². The molecule has 1 fully saturated rings. The molecule has 1 saturated heterocycles. The second-order valence-corrected chi connectivity index (χ2v) is 14.8. The summed E-state index contributed by atoms with van der Waals surface area (Å²) in [6.45, 7) is 20.9. The van der Waals surface area contributed by atoms with Crippen molar-refractivity contribution in [3.8, 4) is 0 Å². The molecule has 0 N–H and O–H groups in total. The average molecular weight is 632 g/mol. The Bertz CT molecular complexity index is 894. The number of unbranched alkanes of at least 4 members (excludes halogenated alkanes) is 1. The van der Waals surface area contributed by atoms with Crippen molar-refractivity contribution in [1.82, 2.24) is 14.7 Å². The van der Waals surface area contributed by atoms with E-state index in [1.807, 2.05) is 22.8 Å². The van der Waals surface area contributed by atoms with Crippen LogP contribution in [0.5, 0.6) is 0 Å². The Morgan fingerprint density at radius 1 is 0.689 bits per heavy atom. The Morgan fingerprint density at radius 2 is 1.16 bits per heavy atom. The van der Waals surface area contributed by atoms with E-state index in [4.69, 9.17) is 14.2 Å². The molecule has 8 nitrogen and oxygen atoms in total. The maximum absolute atomic E-state index is 13.1. The molecule has 1 aliphatic rings. The summed E-state index contributed by atoms with van der Waals surface area (Å²) in [4.78, 5) is 32.4. The summed E-state index contributed by atoms with van der Waals surface area (Å²) in [7, 11) is 0. The fraction of sp³-hybridized carbons (Fsp3) is 0.784. The maximum atomic E-state index is 13.1. The van der Waals surface area contributed by atoms with E-state index in [0.29, 0.717) is 19.7 Å². The second-order valence-electron chi connectivity index (χ2n) is 14.8. The molecule has 2 rings (SSSR count). The van der Waals surface area contributed by atoms with Crippen LogP contribution in [0.2, 0.25) is 0 Å². The van der Waals surface area contributed by atoms with E-state index in [9.17, 15) is 9.59 Å². The minimum Gasteiger partial charge on any atom is -0.449 e. The van der Waals surface area contributed by atoms with Crippen LogP contribution in [0.15, 0.2) is 30.3 Å². The van der Waals surface area contributed by atoms with Gasteiger partial charge in [-0.25, -0.2) is 9.59 Å². The van der Waals surface area contributed by atoms with E-state index in [2.05, 4.69) is 70.7 Å². The summed E-state index contributed by atoms with van der Waals surface area (Å²) in [5.41, 5.74) is 0.576. The zero-order chi connectivity index (χ0) is 33.1. The zero-order valence-electron chi connectivity index (χ0n) is 29.8. The smallest absolute Gasteiger partial charge is 0.410 e. The van der Waals surface area contributed by atoms with Crippen LogP contribution in [0.25, 0.3) is 0 Å². The fourth-order valence-electron chi connectivity index (χ4n) is 5.59. The Hall–Kier alpha value is -2.32. The summed E-state index contributed by atoms with van der Waals surface area (Å²) in [5, 5.41) is 0. The molecule has 1 aliphatic heterocycles. The lowest BCUT2D eigenvalue weighted by molar-refractivity contribution is 0.0332. The minimum atomic E-state index is -0.324. The molecule has 8 heteroatoms. The monoisotopic (exact) mass is 631 g/mol. The minimum absolute atomic E-state index is 0.0795. The Labute approximate surface area is 275 Å². The Balaban J connectivity index is 1.94. The summed E-state index contributed by atoms with van der Waals surface area (Å²) in [5.74, 6) is -0.0795. The number of nitrogens with zero attached hydrogens (tertiary/aromatic N) is 3. The van der Waals surface area contributed by atoms with Gasteiger partial charge in [0.05, 0.1) is 19.8 Å². The van der Waals surface area contributed by atoms with E-state index >= 15 is 0 Å². The lowest BCUT2D eigenvalue weighted by atomic mass is 10.1. The molecule has 0 atom stereocenters. The molecule has 0 bridgehead atoms. The second kappa shape index (κ2) is 20.7. The normalized spacial score (nSPS) is 19.4. The van der Waals surface area contributed by atoms with Crippen LogP contribution in [0.4, 0.5) is 9.59 Å². The topological polar surface area (TPSA) is 71.6 Å². The van der Waals surface area contributed by atoms with Crippen LogP contribution >= 0.6 is 0 Å². The highest BCUT2D eigenvalue weighted by atomic mass is 16.6. The molecule has 0 radical (unpaired) electrons. The number of rotatable bonds is 7. The molecule has 45 heavy (non-hydrogen) atoms. The molecule has 2 amide bonds. The van der Waals surface area contributed by atoms with Crippen molar-refractivity contribution in [3.63, 3.8) is 0 Å². The number of ether oxygens (including phenoxy) is 3. The lowest BCUT2D eigenvalue weighted by Crippen LogP contribution is -2.47. The maximum Gasteiger partial charge on any atom is 0.410 e. The lowest BCUT2D eigenvalue weighted by Gasteiger charge is -2.35. The van der Waals surface area contributed by atoms with Crippen LogP contribution in [0.1, 0.15) is 118 Å². The van der Waals surface area contributed by atoms with Crippen LogP contribution in [-0.4, -0.2) is 90.5 Å². The molecule has 258 valence electrons. The number of carbonyl (C=O) groups is 2. The standard InChI is InChI=1S/C37H65N3O5/c1-32-29-44-34(41)39(36(2,3)4)26-17-10-8-15-23-38(25-19-20-28-43-31-33-21-13-12-14-22-33)24-16-9-11-18-27-40(37(5,6)7)35(42)45-30-32/h12-14,21-22,32H,8-11,15-20,23-31H2,1-7H3. The van der Waals surface area contributed by atoms with Gasteiger partial charge in [-0.15, -0.1) is 0 Å². The van der Waals surface area contributed by atoms with Crippen molar-refractivity contribution < 1.29 is 23.8 Å². The SMILES string of the molecule is CC1COC(=O)N(C(C)(C)C)CCCCCCN(CCCCOCc2ccccc2)CCCCCCN(C(C)(C)C)C(=O)OC1. The summed E-state index contributed by atoms with van der Waals surface area (Å²) >= 11 is 0. The van der Waals surface area contributed by atoms with E-state index in [0.717, 1.165) is 77.6 Å². The van der Waals surface area contributed by atoms with Gasteiger partial charge in [0.2, 0.25) is 0 Å². The van der Waals surface area contributed by atoms with Gasteiger partial charge in [0.25, 0.3) is 0 Å². The molecule has 0 unspecified atom stereocenters. The molecule has 1 aromatic rings. The third-order valence-corrected chi connectivity index (χ3v) is 8.38. The van der Waals surface area contributed by atoms with E-state index in [1.54, 1.807) is 0 Å². The summed E-state index contributed by atoms with van der Waals surface area (Å²) in [6.07, 6.45) is 10.4. The molecular weight excluding hydrogens is 566 g/mol. The van der Waals surface area contributed by atoms with Crippen molar-refractivity contribution in [2.24, 2.45) is 5.92 Å². The Kier molecular flexibility index (Phi) is 17.9. The van der Waals surface area contributed by atoms with E-state index in [-0.39, 0.29) is 42.4 Å². The van der Waals surface area contributed by atoms with Crippen LogP contribution in [-0.2, 0) is 20.8 Å². The van der Waals surface area contributed by atoms with Gasteiger partial charge in [0, 0.05) is 36.7 Å². The predicted molar refractivity (Wildman–Crippen MR) is 183 cm³/mol. The molecule has 1 heterocycles. The van der Waals surface area contributed by atoms with E-state index < -0.39 is 0 Å². The first kappa shape index (κ1) is 38.9. The van der Waals surface area contributed by atoms with Crippen molar-refractivity contribution in [2.45, 2.75) is 130 Å². The van der Waals surface area contributed by atoms with Gasteiger partial charge in [-0.1, -0.05) is 62.9 Å². The average Bonchev–Trinajstić information content (AvgIpc) is 2.97. The molecule has 0 aromatic heterocycles. The number of hydrogen-bond donors (Lipinski definition) is 0. The summed E-state index contributed by atoms with van der Waals surface area (Å²) in [6, 6.07) is 10.4. The van der Waals surface area contributed by atoms with Crippen LogP contribution in [0, 0.1) is 5.92 Å². The van der Waals surface area contributed by atoms with Gasteiger partial charge in [-0.2, -0.15) is 0 Å². The quantitative estimate of drug-likeness (QED) is 0.281. The molecular formula is C37H65N3O5. The van der Waals surface area contributed by atoms with Crippen LogP contribution < -0.4 is 0 Å². The van der Waals surface area contributed by atoms with Crippen molar-refractivity contribution in [3.05, 3.63) is 35.9 Å². The van der Waals surface area contributed by atoms with Crippen molar-refractivity contribution >= 4 is 12.2 Å². The Morgan fingerprint density at radius 3 is 1.62 bits per heavy atom. The molecule has 0 aliphatic carbocycles. The highest BCUT2D eigenvalue weighted by Crippen LogP contribution is 2.19. The third-order valence-electron chi connectivity index (χ3n) is 8.38. The molecule has 0 spiro atoms. The van der Waals surface area contributed by atoms with E-state index in [1.165, 1.54) is 18.4 Å². The van der Waals surface area contributed by atoms with Crippen LogP contribution in [0.3, 0.4) is 0 Å². The largest absolute Gasteiger partial charge is 0.449 e. The molecule has 1 aromatic carbocycles. The first-order valence-corrected chi connectivity index (χ1v) is 17.6. The van der Waals surface area contributed by atoms with Gasteiger partial charge < -0.3 is 28.9 Å². The zero-order valence-corrected chi connectivity index (χ0v) is 29.8. The first-order chi connectivity index (χ1) is 21.4. The van der Waals surface area contributed by atoms with Gasteiger partial charge >= 0.3 is 12.2 Å². The number of hydrogen-bond acceptors (Lipinski definition) is 6. The van der Waals surface area contributed by atoms with Crippen molar-refractivity contribution in [2.75, 3.05) is 52.5 Å².